The van der Waals surface area contributed by atoms with Crippen molar-refractivity contribution in [2.75, 3.05) is 6.54 Å². The van der Waals surface area contributed by atoms with Crippen LogP contribution in [0.1, 0.15) is 40.0 Å². The van der Waals surface area contributed by atoms with E-state index in [0.29, 0.717) is 16.7 Å². The molecule has 0 amide bonds. The summed E-state index contributed by atoms with van der Waals surface area (Å²) in [5.41, 5.74) is 0.297. The minimum Gasteiger partial charge on any atom is -0.313 e. The van der Waals surface area contributed by atoms with E-state index in [0.717, 1.165) is 18.1 Å². The first-order chi connectivity index (χ1) is 9.00. The summed E-state index contributed by atoms with van der Waals surface area (Å²) in [6.45, 7) is 7.78. The van der Waals surface area contributed by atoms with E-state index in [4.69, 9.17) is 0 Å². The Hall–Kier alpha value is -0.810. The molecule has 2 rings (SSSR count). The van der Waals surface area contributed by atoms with E-state index in [-0.39, 0.29) is 5.56 Å². The van der Waals surface area contributed by atoms with Gasteiger partial charge in [0, 0.05) is 23.6 Å². The van der Waals surface area contributed by atoms with Crippen LogP contribution in [0.4, 0.5) is 0 Å². The fourth-order valence-electron chi connectivity index (χ4n) is 2.70. The summed E-state index contributed by atoms with van der Waals surface area (Å²) in [6.07, 6.45) is 5.17. The standard InChI is InChI=1S/C14H23N3OS/c1-4-15-10-5-7-14(2,3)9-11(10)19-13-16-8-6-12(18)17-13/h6,8,10-11,15H,4-5,7,9H2,1-3H3,(H,16,17,18). The van der Waals surface area contributed by atoms with E-state index in [2.05, 4.69) is 36.1 Å². The SMILES string of the molecule is CCNC1CCC(C)(C)CC1Sc1nccc(=O)[nH]1. The molecule has 5 heteroatoms. The summed E-state index contributed by atoms with van der Waals surface area (Å²) < 4.78 is 0. The van der Waals surface area contributed by atoms with Crippen LogP contribution in [0.25, 0.3) is 0 Å². The molecule has 1 fully saturated rings. The van der Waals surface area contributed by atoms with Gasteiger partial charge in [-0.25, -0.2) is 4.98 Å². The molecule has 0 radical (unpaired) electrons. The van der Waals surface area contributed by atoms with E-state index >= 15 is 0 Å². The number of rotatable bonds is 4. The Labute approximate surface area is 118 Å². The maximum Gasteiger partial charge on any atom is 0.251 e. The Bertz CT molecular complexity index is 472. The van der Waals surface area contributed by atoms with Gasteiger partial charge >= 0.3 is 0 Å². The van der Waals surface area contributed by atoms with Crippen LogP contribution in [-0.4, -0.2) is 27.8 Å². The summed E-state index contributed by atoms with van der Waals surface area (Å²) in [5.74, 6) is 0. The molecular formula is C14H23N3OS. The number of nitrogens with zero attached hydrogens (tertiary/aromatic N) is 1. The van der Waals surface area contributed by atoms with Crippen LogP contribution in [0.5, 0.6) is 0 Å². The van der Waals surface area contributed by atoms with Gasteiger partial charge in [0.1, 0.15) is 0 Å². The van der Waals surface area contributed by atoms with Gasteiger partial charge in [-0.05, 0) is 31.2 Å². The zero-order valence-electron chi connectivity index (χ0n) is 11.9. The fourth-order valence-corrected chi connectivity index (χ4v) is 4.19. The lowest BCUT2D eigenvalue weighted by atomic mass is 9.75. The summed E-state index contributed by atoms with van der Waals surface area (Å²) in [7, 11) is 0. The number of nitrogens with one attached hydrogen (secondary N) is 2. The number of H-pyrrole nitrogens is 1. The first-order valence-corrected chi connectivity index (χ1v) is 7.83. The van der Waals surface area contributed by atoms with Crippen molar-refractivity contribution in [2.24, 2.45) is 5.41 Å². The Kier molecular flexibility index (Phi) is 4.68. The van der Waals surface area contributed by atoms with Gasteiger partial charge in [-0.3, -0.25) is 4.79 Å². The summed E-state index contributed by atoms with van der Waals surface area (Å²) >= 11 is 1.70. The van der Waals surface area contributed by atoms with E-state index in [9.17, 15) is 4.79 Å². The number of aromatic amines is 1. The van der Waals surface area contributed by atoms with Crippen LogP contribution in [0, 0.1) is 5.41 Å². The molecule has 1 aromatic heterocycles. The van der Waals surface area contributed by atoms with Crippen molar-refractivity contribution in [1.29, 1.82) is 0 Å². The molecule has 1 heterocycles. The molecule has 19 heavy (non-hydrogen) atoms. The van der Waals surface area contributed by atoms with Gasteiger partial charge in [0.05, 0.1) is 0 Å². The average Bonchev–Trinajstić information content (AvgIpc) is 2.32. The van der Waals surface area contributed by atoms with Crippen molar-refractivity contribution in [3.05, 3.63) is 22.6 Å². The van der Waals surface area contributed by atoms with Crippen molar-refractivity contribution in [1.82, 2.24) is 15.3 Å². The summed E-state index contributed by atoms with van der Waals surface area (Å²) in [4.78, 5) is 18.4. The molecule has 0 saturated heterocycles. The smallest absolute Gasteiger partial charge is 0.251 e. The van der Waals surface area contributed by atoms with Crippen molar-refractivity contribution in [3.63, 3.8) is 0 Å². The Morgan fingerprint density at radius 1 is 1.58 bits per heavy atom. The first-order valence-electron chi connectivity index (χ1n) is 6.95. The highest BCUT2D eigenvalue weighted by atomic mass is 32.2. The molecule has 0 aromatic carbocycles. The van der Waals surface area contributed by atoms with Crippen LogP contribution in [0.15, 0.2) is 22.2 Å². The van der Waals surface area contributed by atoms with Gasteiger partial charge in [0.2, 0.25) is 0 Å². The van der Waals surface area contributed by atoms with E-state index in [1.54, 1.807) is 18.0 Å². The zero-order valence-corrected chi connectivity index (χ0v) is 12.7. The second-order valence-electron chi connectivity index (χ2n) is 5.97. The Morgan fingerprint density at radius 2 is 2.37 bits per heavy atom. The second-order valence-corrected chi connectivity index (χ2v) is 7.19. The molecule has 2 unspecified atom stereocenters. The lowest BCUT2D eigenvalue weighted by Crippen LogP contribution is -2.44. The maximum absolute atomic E-state index is 11.3. The number of hydrogen-bond donors (Lipinski definition) is 2. The Morgan fingerprint density at radius 3 is 3.05 bits per heavy atom. The highest BCUT2D eigenvalue weighted by Crippen LogP contribution is 2.41. The molecule has 1 aromatic rings. The maximum atomic E-state index is 11.3. The number of hydrogen-bond acceptors (Lipinski definition) is 4. The second kappa shape index (κ2) is 6.09. The van der Waals surface area contributed by atoms with Crippen molar-refractivity contribution in [3.8, 4) is 0 Å². The Balaban J connectivity index is 2.11. The lowest BCUT2D eigenvalue weighted by molar-refractivity contribution is 0.215. The number of aromatic nitrogens is 2. The van der Waals surface area contributed by atoms with Crippen LogP contribution < -0.4 is 10.9 Å². The van der Waals surface area contributed by atoms with Crippen molar-refractivity contribution < 1.29 is 0 Å². The molecule has 0 bridgehead atoms. The molecule has 0 aliphatic heterocycles. The van der Waals surface area contributed by atoms with Crippen molar-refractivity contribution >= 4 is 11.8 Å². The minimum absolute atomic E-state index is 0.0763. The molecule has 1 aliphatic rings. The summed E-state index contributed by atoms with van der Waals surface area (Å²) in [6, 6.07) is 1.96. The van der Waals surface area contributed by atoms with Crippen LogP contribution >= 0.6 is 11.8 Å². The fraction of sp³-hybridized carbons (Fsp3) is 0.714. The van der Waals surface area contributed by atoms with Crippen LogP contribution in [-0.2, 0) is 0 Å². The lowest BCUT2D eigenvalue weighted by Gasteiger charge is -2.40. The third-order valence-corrected chi connectivity index (χ3v) is 4.94. The van der Waals surface area contributed by atoms with Gasteiger partial charge in [-0.15, -0.1) is 0 Å². The third kappa shape index (κ3) is 4.08. The molecule has 106 valence electrons. The quantitative estimate of drug-likeness (QED) is 0.832. The highest BCUT2D eigenvalue weighted by Gasteiger charge is 2.35. The average molecular weight is 281 g/mol. The highest BCUT2D eigenvalue weighted by molar-refractivity contribution is 7.99. The van der Waals surface area contributed by atoms with E-state index < -0.39 is 0 Å². The predicted octanol–water partition coefficient (Wildman–Crippen LogP) is 2.42. The minimum atomic E-state index is -0.0763. The third-order valence-electron chi connectivity index (χ3n) is 3.71. The van der Waals surface area contributed by atoms with Crippen LogP contribution in [0.2, 0.25) is 0 Å². The van der Waals surface area contributed by atoms with Gasteiger partial charge in [0.25, 0.3) is 5.56 Å². The van der Waals surface area contributed by atoms with Gasteiger partial charge in [0.15, 0.2) is 5.16 Å². The first kappa shape index (κ1) is 14.6. The molecule has 2 atom stereocenters. The zero-order chi connectivity index (χ0) is 13.9. The topological polar surface area (TPSA) is 57.8 Å². The van der Waals surface area contributed by atoms with Crippen molar-refractivity contribution in [2.45, 2.75) is 56.5 Å². The predicted molar refractivity (Wildman–Crippen MR) is 79.6 cm³/mol. The van der Waals surface area contributed by atoms with Gasteiger partial charge in [-0.2, -0.15) is 0 Å². The van der Waals surface area contributed by atoms with Gasteiger partial charge < -0.3 is 10.3 Å². The monoisotopic (exact) mass is 281 g/mol. The van der Waals surface area contributed by atoms with Crippen LogP contribution in [0.3, 0.4) is 0 Å². The van der Waals surface area contributed by atoms with E-state index in [1.807, 2.05) is 0 Å². The molecule has 2 N–H and O–H groups in total. The molecule has 1 aliphatic carbocycles. The largest absolute Gasteiger partial charge is 0.313 e. The summed E-state index contributed by atoms with van der Waals surface area (Å²) in [5, 5.41) is 4.77. The molecule has 0 spiro atoms. The van der Waals surface area contributed by atoms with E-state index in [1.165, 1.54) is 18.9 Å². The normalized spacial score (nSPS) is 26.3. The molecule has 4 nitrogen and oxygen atoms in total. The molecular weight excluding hydrogens is 258 g/mol. The van der Waals surface area contributed by atoms with Gasteiger partial charge in [-0.1, -0.05) is 32.5 Å². The number of thioether (sulfide) groups is 1. The molecule has 1 saturated carbocycles.